The van der Waals surface area contributed by atoms with Crippen molar-refractivity contribution in [3.63, 3.8) is 0 Å². The summed E-state index contributed by atoms with van der Waals surface area (Å²) in [5.74, 6) is 1.27. The van der Waals surface area contributed by atoms with Crippen LogP contribution in [0.5, 0.6) is 11.5 Å². The van der Waals surface area contributed by atoms with Crippen molar-refractivity contribution >= 4 is 5.91 Å². The lowest BCUT2D eigenvalue weighted by Gasteiger charge is -2.10. The SMILES string of the molecule is COc1ccc(CCNC(=O)c2ccc(C)nc2)cc1OC. The van der Waals surface area contributed by atoms with E-state index < -0.39 is 0 Å². The molecule has 0 atom stereocenters. The van der Waals surface area contributed by atoms with Crippen LogP contribution in [0.25, 0.3) is 0 Å². The molecule has 2 aromatic rings. The summed E-state index contributed by atoms with van der Waals surface area (Å²) in [7, 11) is 3.21. The maximum Gasteiger partial charge on any atom is 0.252 e. The summed E-state index contributed by atoms with van der Waals surface area (Å²) in [6.45, 7) is 2.43. The minimum atomic E-state index is -0.118. The second-order valence-electron chi connectivity index (χ2n) is 4.88. The third-order valence-electron chi connectivity index (χ3n) is 3.32. The normalized spacial score (nSPS) is 10.1. The highest BCUT2D eigenvalue weighted by atomic mass is 16.5. The van der Waals surface area contributed by atoms with Crippen molar-refractivity contribution in [1.29, 1.82) is 0 Å². The van der Waals surface area contributed by atoms with Crippen LogP contribution in [0.3, 0.4) is 0 Å². The lowest BCUT2D eigenvalue weighted by molar-refractivity contribution is 0.0954. The van der Waals surface area contributed by atoms with Gasteiger partial charge in [-0.3, -0.25) is 9.78 Å². The number of ether oxygens (including phenoxy) is 2. The number of rotatable bonds is 6. The first kappa shape index (κ1) is 15.8. The summed E-state index contributed by atoms with van der Waals surface area (Å²) in [5, 5.41) is 2.88. The number of nitrogens with zero attached hydrogens (tertiary/aromatic N) is 1. The minimum Gasteiger partial charge on any atom is -0.493 e. The number of benzene rings is 1. The van der Waals surface area contributed by atoms with Gasteiger partial charge in [-0.2, -0.15) is 0 Å². The van der Waals surface area contributed by atoms with Crippen molar-refractivity contribution < 1.29 is 14.3 Å². The molecule has 0 aliphatic carbocycles. The molecule has 2 rings (SSSR count). The van der Waals surface area contributed by atoms with E-state index in [4.69, 9.17) is 9.47 Å². The molecule has 5 nitrogen and oxygen atoms in total. The monoisotopic (exact) mass is 300 g/mol. The molecule has 0 unspecified atom stereocenters. The summed E-state index contributed by atoms with van der Waals surface area (Å²) in [5.41, 5.74) is 2.53. The second kappa shape index (κ2) is 7.45. The molecule has 116 valence electrons. The zero-order valence-corrected chi connectivity index (χ0v) is 13.1. The van der Waals surface area contributed by atoms with Crippen LogP contribution in [-0.2, 0) is 6.42 Å². The van der Waals surface area contributed by atoms with E-state index in [1.165, 1.54) is 0 Å². The third kappa shape index (κ3) is 3.97. The molecule has 5 heteroatoms. The predicted molar refractivity (Wildman–Crippen MR) is 84.6 cm³/mol. The summed E-state index contributed by atoms with van der Waals surface area (Å²) in [4.78, 5) is 16.1. The van der Waals surface area contributed by atoms with Gasteiger partial charge in [0.2, 0.25) is 0 Å². The lowest BCUT2D eigenvalue weighted by Crippen LogP contribution is -2.25. The Balaban J connectivity index is 1.90. The van der Waals surface area contributed by atoms with Crippen LogP contribution in [0.2, 0.25) is 0 Å². The first-order valence-corrected chi connectivity index (χ1v) is 7.06. The highest BCUT2D eigenvalue weighted by molar-refractivity contribution is 5.93. The molecule has 0 saturated heterocycles. The van der Waals surface area contributed by atoms with Crippen LogP contribution in [0.1, 0.15) is 21.6 Å². The topological polar surface area (TPSA) is 60.5 Å². The molecule has 0 radical (unpaired) electrons. The fourth-order valence-electron chi connectivity index (χ4n) is 2.06. The van der Waals surface area contributed by atoms with E-state index in [0.717, 1.165) is 11.3 Å². The fourth-order valence-corrected chi connectivity index (χ4v) is 2.06. The Kier molecular flexibility index (Phi) is 5.36. The zero-order chi connectivity index (χ0) is 15.9. The van der Waals surface area contributed by atoms with Crippen LogP contribution < -0.4 is 14.8 Å². The molecule has 22 heavy (non-hydrogen) atoms. The largest absolute Gasteiger partial charge is 0.493 e. The molecular formula is C17H20N2O3. The number of hydrogen-bond donors (Lipinski definition) is 1. The zero-order valence-electron chi connectivity index (χ0n) is 13.1. The van der Waals surface area contributed by atoms with E-state index in [2.05, 4.69) is 10.3 Å². The fraction of sp³-hybridized carbons (Fsp3) is 0.294. The number of aromatic nitrogens is 1. The van der Waals surface area contributed by atoms with Crippen molar-refractivity contribution in [2.75, 3.05) is 20.8 Å². The van der Waals surface area contributed by atoms with E-state index in [1.54, 1.807) is 26.5 Å². The van der Waals surface area contributed by atoms with E-state index >= 15 is 0 Å². The van der Waals surface area contributed by atoms with Gasteiger partial charge in [-0.05, 0) is 43.2 Å². The van der Waals surface area contributed by atoms with Crippen molar-refractivity contribution in [2.24, 2.45) is 0 Å². The Morgan fingerprint density at radius 3 is 2.55 bits per heavy atom. The highest BCUT2D eigenvalue weighted by Gasteiger charge is 2.07. The first-order chi connectivity index (χ1) is 10.6. The highest BCUT2D eigenvalue weighted by Crippen LogP contribution is 2.27. The average molecular weight is 300 g/mol. The average Bonchev–Trinajstić information content (AvgIpc) is 2.55. The van der Waals surface area contributed by atoms with Crippen LogP contribution >= 0.6 is 0 Å². The van der Waals surface area contributed by atoms with Gasteiger partial charge in [0.15, 0.2) is 11.5 Å². The molecule has 0 spiro atoms. The van der Waals surface area contributed by atoms with Gasteiger partial charge in [-0.1, -0.05) is 6.07 Å². The van der Waals surface area contributed by atoms with Gasteiger partial charge in [-0.25, -0.2) is 0 Å². The Morgan fingerprint density at radius 1 is 1.14 bits per heavy atom. The number of carbonyl (C=O) groups is 1. The second-order valence-corrected chi connectivity index (χ2v) is 4.88. The lowest BCUT2D eigenvalue weighted by atomic mass is 10.1. The van der Waals surface area contributed by atoms with Crippen LogP contribution in [0.4, 0.5) is 0 Å². The predicted octanol–water partition coefficient (Wildman–Crippen LogP) is 2.38. The molecule has 0 bridgehead atoms. The Bertz CT molecular complexity index is 639. The number of amides is 1. The Labute approximate surface area is 130 Å². The summed E-state index contributed by atoms with van der Waals surface area (Å²) in [6.07, 6.45) is 2.30. The molecule has 0 fully saturated rings. The van der Waals surface area contributed by atoms with Crippen molar-refractivity contribution in [1.82, 2.24) is 10.3 Å². The van der Waals surface area contributed by atoms with Crippen molar-refractivity contribution in [2.45, 2.75) is 13.3 Å². The quantitative estimate of drug-likeness (QED) is 0.890. The number of aryl methyl sites for hydroxylation is 1. The van der Waals surface area contributed by atoms with Crippen LogP contribution in [0.15, 0.2) is 36.5 Å². The number of carbonyl (C=O) groups excluding carboxylic acids is 1. The molecule has 1 aromatic carbocycles. The third-order valence-corrected chi connectivity index (χ3v) is 3.32. The van der Waals surface area contributed by atoms with Gasteiger partial charge < -0.3 is 14.8 Å². The number of methoxy groups -OCH3 is 2. The number of pyridine rings is 1. The number of hydrogen-bond acceptors (Lipinski definition) is 4. The Hall–Kier alpha value is -2.56. The standard InChI is InChI=1S/C17H20N2O3/c1-12-4-6-14(11-19-12)17(20)18-9-8-13-5-7-15(21-2)16(10-13)22-3/h4-7,10-11H,8-9H2,1-3H3,(H,18,20). The smallest absolute Gasteiger partial charge is 0.252 e. The van der Waals surface area contributed by atoms with Gasteiger partial charge in [0, 0.05) is 18.4 Å². The molecule has 1 amide bonds. The van der Waals surface area contributed by atoms with Crippen LogP contribution in [0, 0.1) is 6.92 Å². The molecule has 0 saturated carbocycles. The van der Waals surface area contributed by atoms with Gasteiger partial charge in [0.1, 0.15) is 0 Å². The van der Waals surface area contributed by atoms with Crippen LogP contribution in [-0.4, -0.2) is 31.7 Å². The van der Waals surface area contributed by atoms with Gasteiger partial charge in [-0.15, -0.1) is 0 Å². The van der Waals surface area contributed by atoms with Crippen molar-refractivity contribution in [3.05, 3.63) is 53.3 Å². The van der Waals surface area contributed by atoms with Gasteiger partial charge in [0.25, 0.3) is 5.91 Å². The summed E-state index contributed by atoms with van der Waals surface area (Å²) < 4.78 is 10.5. The maximum atomic E-state index is 12.0. The molecule has 1 N–H and O–H groups in total. The van der Waals surface area contributed by atoms with E-state index in [1.807, 2.05) is 31.2 Å². The Morgan fingerprint density at radius 2 is 1.91 bits per heavy atom. The number of nitrogens with one attached hydrogen (secondary N) is 1. The molecule has 0 aliphatic rings. The molecular weight excluding hydrogens is 280 g/mol. The summed E-state index contributed by atoms with van der Waals surface area (Å²) >= 11 is 0. The molecule has 1 aromatic heterocycles. The van der Waals surface area contributed by atoms with E-state index in [0.29, 0.717) is 30.0 Å². The van der Waals surface area contributed by atoms with Crippen molar-refractivity contribution in [3.8, 4) is 11.5 Å². The molecule has 1 heterocycles. The minimum absolute atomic E-state index is 0.118. The summed E-state index contributed by atoms with van der Waals surface area (Å²) in [6, 6.07) is 9.33. The molecule has 0 aliphatic heterocycles. The first-order valence-electron chi connectivity index (χ1n) is 7.06. The maximum absolute atomic E-state index is 12.0. The van der Waals surface area contributed by atoms with Gasteiger partial charge >= 0.3 is 0 Å². The van der Waals surface area contributed by atoms with E-state index in [-0.39, 0.29) is 5.91 Å². The van der Waals surface area contributed by atoms with Gasteiger partial charge in [0.05, 0.1) is 19.8 Å². The van der Waals surface area contributed by atoms with E-state index in [9.17, 15) is 4.79 Å².